The second-order valence-corrected chi connectivity index (χ2v) is 9.43. The van der Waals surface area contributed by atoms with Crippen molar-refractivity contribution in [3.05, 3.63) is 70.7 Å². The summed E-state index contributed by atoms with van der Waals surface area (Å²) >= 11 is 0. The number of aryl methyl sites for hydroxylation is 2. The first kappa shape index (κ1) is 19.6. The van der Waals surface area contributed by atoms with Crippen LogP contribution in [0.15, 0.2) is 42.6 Å². The molecule has 0 fully saturated rings. The van der Waals surface area contributed by atoms with Crippen molar-refractivity contribution >= 4 is 22.8 Å². The minimum atomic E-state index is -0.170. The number of nitrogens with zero attached hydrogens (tertiary/aromatic N) is 2. The zero-order valence-electron chi connectivity index (χ0n) is 18.9. The Morgan fingerprint density at radius 2 is 1.94 bits per heavy atom. The Hall–Kier alpha value is -3.87. The summed E-state index contributed by atoms with van der Waals surface area (Å²) in [7, 11) is 0. The Labute approximate surface area is 196 Å². The van der Waals surface area contributed by atoms with E-state index >= 15 is 0 Å². The Balaban J connectivity index is 1.17. The topological polar surface area (TPSA) is 89.1 Å². The van der Waals surface area contributed by atoms with E-state index in [2.05, 4.69) is 34.3 Å². The largest absolute Gasteiger partial charge is 0.482 e. The molecule has 0 saturated heterocycles. The summed E-state index contributed by atoms with van der Waals surface area (Å²) in [5.74, 6) is 3.88. The fourth-order valence-electron chi connectivity index (χ4n) is 5.46. The molecule has 4 aromatic rings. The van der Waals surface area contributed by atoms with Crippen LogP contribution >= 0.6 is 0 Å². The summed E-state index contributed by atoms with van der Waals surface area (Å²) in [6.45, 7) is 2.16. The number of aromatic nitrogens is 3. The van der Waals surface area contributed by atoms with Gasteiger partial charge in [0, 0.05) is 29.7 Å². The lowest BCUT2D eigenvalue weighted by molar-refractivity contribution is -0.116. The second kappa shape index (κ2) is 7.32. The molecule has 2 aromatic heterocycles. The van der Waals surface area contributed by atoms with E-state index in [1.54, 1.807) is 6.20 Å². The number of benzene rings is 2. The summed E-state index contributed by atoms with van der Waals surface area (Å²) in [4.78, 5) is 24.4. The van der Waals surface area contributed by atoms with Crippen molar-refractivity contribution in [2.45, 2.75) is 51.0 Å². The minimum Gasteiger partial charge on any atom is -0.482 e. The average Bonchev–Trinajstić information content (AvgIpc) is 3.54. The molecule has 7 rings (SSSR count). The van der Waals surface area contributed by atoms with Gasteiger partial charge in [-0.2, -0.15) is 0 Å². The molecule has 34 heavy (non-hydrogen) atoms. The summed E-state index contributed by atoms with van der Waals surface area (Å²) < 4.78 is 12.6. The lowest BCUT2D eigenvalue weighted by Crippen LogP contribution is -2.20. The Bertz CT molecular complexity index is 1430. The van der Waals surface area contributed by atoms with E-state index in [9.17, 15) is 4.79 Å². The number of fused-ring (bicyclic) bond motifs is 4. The van der Waals surface area contributed by atoms with Crippen molar-refractivity contribution in [1.29, 1.82) is 0 Å². The quantitative estimate of drug-likeness (QED) is 0.437. The Morgan fingerprint density at radius 3 is 2.85 bits per heavy atom. The first-order valence-corrected chi connectivity index (χ1v) is 11.9. The van der Waals surface area contributed by atoms with Crippen molar-refractivity contribution in [2.75, 3.05) is 5.32 Å². The highest BCUT2D eigenvalue weighted by atomic mass is 16.5. The predicted octanol–water partition coefficient (Wildman–Crippen LogP) is 5.36. The van der Waals surface area contributed by atoms with Crippen LogP contribution in [0.3, 0.4) is 0 Å². The van der Waals surface area contributed by atoms with E-state index in [4.69, 9.17) is 14.5 Å². The molecule has 170 valence electrons. The number of anilines is 1. The number of carbonyl (C=O) groups excluding carboxylic acids is 1. The van der Waals surface area contributed by atoms with E-state index in [1.807, 2.05) is 24.3 Å². The van der Waals surface area contributed by atoms with Crippen molar-refractivity contribution in [2.24, 2.45) is 0 Å². The van der Waals surface area contributed by atoms with Gasteiger partial charge in [0.2, 0.25) is 5.91 Å². The molecule has 0 radical (unpaired) electrons. The van der Waals surface area contributed by atoms with Crippen LogP contribution in [0.4, 0.5) is 5.82 Å². The van der Waals surface area contributed by atoms with Crippen molar-refractivity contribution in [3.63, 3.8) is 0 Å². The normalized spacial score (nSPS) is 20.4. The van der Waals surface area contributed by atoms with Crippen molar-refractivity contribution < 1.29 is 14.3 Å². The molecule has 3 aliphatic rings. The number of pyridine rings is 1. The van der Waals surface area contributed by atoms with Crippen LogP contribution in [0.2, 0.25) is 0 Å². The number of amides is 1. The maximum Gasteiger partial charge on any atom is 0.225 e. The second-order valence-electron chi connectivity index (χ2n) is 9.43. The van der Waals surface area contributed by atoms with Crippen LogP contribution in [0.25, 0.3) is 11.0 Å². The van der Waals surface area contributed by atoms with E-state index in [0.717, 1.165) is 58.1 Å². The van der Waals surface area contributed by atoms with Gasteiger partial charge in [-0.3, -0.25) is 4.79 Å². The molecule has 2 unspecified atom stereocenters. The lowest BCUT2D eigenvalue weighted by Gasteiger charge is -2.19. The van der Waals surface area contributed by atoms with Gasteiger partial charge in [-0.05, 0) is 73.2 Å². The first-order chi connectivity index (χ1) is 16.6. The van der Waals surface area contributed by atoms with Crippen LogP contribution in [0.5, 0.6) is 17.2 Å². The summed E-state index contributed by atoms with van der Waals surface area (Å²) in [5.41, 5.74) is 6.99. The third kappa shape index (κ3) is 3.07. The number of aromatic amines is 1. The third-order valence-corrected chi connectivity index (χ3v) is 7.26. The van der Waals surface area contributed by atoms with Crippen LogP contribution in [-0.4, -0.2) is 20.9 Å². The van der Waals surface area contributed by atoms with Gasteiger partial charge >= 0.3 is 0 Å². The maximum absolute atomic E-state index is 11.7. The average molecular weight is 453 g/mol. The minimum absolute atomic E-state index is 0.0121. The molecule has 0 spiro atoms. The van der Waals surface area contributed by atoms with Crippen molar-refractivity contribution in [1.82, 2.24) is 15.0 Å². The highest BCUT2D eigenvalue weighted by Gasteiger charge is 2.35. The van der Waals surface area contributed by atoms with Crippen LogP contribution in [0, 0.1) is 0 Å². The molecular weight excluding hydrogens is 428 g/mol. The standard InChI is InChI=1S/C27H24N4O3/c1-14-19-13-17(33-23-9-10-28-26-18(23)6-8-24(32)31-26)5-7-22(19)34-25(14)27-29-20-11-15-3-2-4-16(15)12-21(20)30-27/h5,7,9-14,25H,2-4,6,8H2,1H3,(H,29,30)(H,28,31,32). The predicted molar refractivity (Wildman–Crippen MR) is 128 cm³/mol. The van der Waals surface area contributed by atoms with Crippen LogP contribution in [0.1, 0.15) is 59.9 Å². The third-order valence-electron chi connectivity index (χ3n) is 7.26. The first-order valence-electron chi connectivity index (χ1n) is 11.9. The molecule has 7 nitrogen and oxygen atoms in total. The maximum atomic E-state index is 11.7. The molecule has 1 amide bonds. The smallest absolute Gasteiger partial charge is 0.225 e. The number of carbonyl (C=O) groups is 1. The van der Waals surface area contributed by atoms with Gasteiger partial charge in [-0.25, -0.2) is 9.97 Å². The Morgan fingerprint density at radius 1 is 1.06 bits per heavy atom. The molecule has 2 aromatic carbocycles. The molecule has 4 heterocycles. The number of H-pyrrole nitrogens is 1. The fourth-order valence-corrected chi connectivity index (χ4v) is 5.46. The number of hydrogen-bond acceptors (Lipinski definition) is 5. The van der Waals surface area contributed by atoms with E-state index in [0.29, 0.717) is 18.7 Å². The van der Waals surface area contributed by atoms with Gasteiger partial charge < -0.3 is 19.8 Å². The van der Waals surface area contributed by atoms with Crippen LogP contribution < -0.4 is 14.8 Å². The number of rotatable bonds is 3. The van der Waals surface area contributed by atoms with E-state index in [1.165, 1.54) is 17.5 Å². The van der Waals surface area contributed by atoms with Gasteiger partial charge in [0.15, 0.2) is 6.10 Å². The molecule has 2 N–H and O–H groups in total. The van der Waals surface area contributed by atoms with Crippen LogP contribution in [-0.2, 0) is 24.1 Å². The highest BCUT2D eigenvalue weighted by Crippen LogP contribution is 2.47. The zero-order valence-corrected chi connectivity index (χ0v) is 18.9. The van der Waals surface area contributed by atoms with Gasteiger partial charge in [0.05, 0.1) is 11.0 Å². The zero-order chi connectivity index (χ0) is 22.8. The summed E-state index contributed by atoms with van der Waals surface area (Å²) in [6.07, 6.45) is 6.07. The number of imidazole rings is 1. The van der Waals surface area contributed by atoms with E-state index in [-0.39, 0.29) is 17.9 Å². The lowest BCUT2D eigenvalue weighted by atomic mass is 9.97. The van der Waals surface area contributed by atoms with Gasteiger partial charge in [-0.15, -0.1) is 0 Å². The fraction of sp³-hybridized carbons (Fsp3) is 0.296. The molecule has 0 bridgehead atoms. The highest BCUT2D eigenvalue weighted by molar-refractivity contribution is 5.93. The van der Waals surface area contributed by atoms with Crippen molar-refractivity contribution in [3.8, 4) is 17.2 Å². The molecule has 2 aliphatic heterocycles. The monoisotopic (exact) mass is 452 g/mol. The Kier molecular flexibility index (Phi) is 4.21. The van der Waals surface area contributed by atoms with Gasteiger partial charge in [0.25, 0.3) is 0 Å². The van der Waals surface area contributed by atoms with E-state index < -0.39 is 0 Å². The number of ether oxygens (including phenoxy) is 2. The van der Waals surface area contributed by atoms with Gasteiger partial charge in [0.1, 0.15) is 28.9 Å². The molecule has 1 aliphatic carbocycles. The number of nitrogens with one attached hydrogen (secondary N) is 2. The SMILES string of the molecule is CC1c2cc(Oc3ccnc4c3CCC(=O)N4)ccc2OC1c1nc2cc3c(cc2[nH]1)CCC3. The summed E-state index contributed by atoms with van der Waals surface area (Å²) in [5, 5.41) is 2.82. The molecule has 7 heteroatoms. The molecular formula is C27H24N4O3. The van der Waals surface area contributed by atoms with Gasteiger partial charge in [-0.1, -0.05) is 6.92 Å². The molecule has 2 atom stereocenters. The summed E-state index contributed by atoms with van der Waals surface area (Å²) in [6, 6.07) is 12.3. The molecule has 0 saturated carbocycles. The number of hydrogen-bond donors (Lipinski definition) is 2.